The maximum absolute atomic E-state index is 12.3. The molecule has 0 saturated carbocycles. The van der Waals surface area contributed by atoms with E-state index in [1.165, 1.54) is 6.08 Å². The minimum atomic E-state index is -0.438. The molecule has 188 valence electrons. The van der Waals surface area contributed by atoms with Gasteiger partial charge in [-0.1, -0.05) is 30.3 Å². The van der Waals surface area contributed by atoms with Crippen LogP contribution in [0, 0.1) is 12.8 Å². The third-order valence-corrected chi connectivity index (χ3v) is 7.27. The number of rotatable bonds is 7. The number of halogens is 1. The number of carbonyl (C=O) groups is 3. The van der Waals surface area contributed by atoms with Gasteiger partial charge in [0, 0.05) is 47.9 Å². The first-order valence-corrected chi connectivity index (χ1v) is 12.3. The summed E-state index contributed by atoms with van der Waals surface area (Å²) in [5.41, 5.74) is 12.7. The number of fused-ring (bicyclic) bond motifs is 3. The summed E-state index contributed by atoms with van der Waals surface area (Å²) in [7, 11) is 3.55. The fourth-order valence-corrected chi connectivity index (χ4v) is 5.46. The molecule has 0 saturated heterocycles. The molecular formula is C28H31ClN4O3. The third-order valence-electron chi connectivity index (χ3n) is 6.97. The molecule has 1 aliphatic carbocycles. The van der Waals surface area contributed by atoms with Gasteiger partial charge in [-0.2, -0.15) is 0 Å². The normalized spacial score (nSPS) is 14.8. The molecular weight excluding hydrogens is 476 g/mol. The van der Waals surface area contributed by atoms with E-state index in [-0.39, 0.29) is 24.2 Å². The lowest BCUT2D eigenvalue weighted by Gasteiger charge is -2.24. The molecule has 8 heteroatoms. The van der Waals surface area contributed by atoms with Gasteiger partial charge >= 0.3 is 0 Å². The third kappa shape index (κ3) is 4.88. The van der Waals surface area contributed by atoms with Gasteiger partial charge in [0.1, 0.15) is 0 Å². The summed E-state index contributed by atoms with van der Waals surface area (Å²) in [5.74, 6) is -0.377. The Balaban J connectivity index is 1.89. The molecule has 36 heavy (non-hydrogen) atoms. The van der Waals surface area contributed by atoms with Crippen molar-refractivity contribution in [1.82, 2.24) is 9.88 Å². The Kier molecular flexibility index (Phi) is 7.22. The van der Waals surface area contributed by atoms with Crippen LogP contribution in [0.4, 0.5) is 5.69 Å². The van der Waals surface area contributed by atoms with Crippen molar-refractivity contribution in [2.75, 3.05) is 19.4 Å². The Labute approximate surface area is 215 Å². The molecule has 3 aromatic rings. The van der Waals surface area contributed by atoms with Gasteiger partial charge in [0.05, 0.1) is 11.9 Å². The molecule has 7 nitrogen and oxygen atoms in total. The molecule has 0 aliphatic heterocycles. The Hall–Kier alpha value is -3.58. The van der Waals surface area contributed by atoms with E-state index in [0.29, 0.717) is 17.1 Å². The first-order chi connectivity index (χ1) is 17.1. The smallest absolute Gasteiger partial charge is 0.247 e. The van der Waals surface area contributed by atoms with Gasteiger partial charge in [0.25, 0.3) is 0 Å². The lowest BCUT2D eigenvalue weighted by Crippen LogP contribution is -2.26. The SMILES string of the molecule is C=CC(=O)Nc1cccc(-c2c(Cl)cc(CC(N)=O)c3[nH]c4c(c23)CCC(CC(=O)N(C)C)C4)c1C. The first kappa shape index (κ1) is 25.5. The Bertz CT molecular complexity index is 1390. The summed E-state index contributed by atoms with van der Waals surface area (Å²) in [4.78, 5) is 41.4. The molecule has 1 atom stereocenters. The van der Waals surface area contributed by atoms with Crippen LogP contribution in [0.1, 0.15) is 35.2 Å². The molecule has 4 rings (SSSR count). The number of nitrogens with zero attached hydrogens (tertiary/aromatic N) is 1. The number of aromatic amines is 1. The maximum atomic E-state index is 12.3. The summed E-state index contributed by atoms with van der Waals surface area (Å²) in [6.07, 6.45) is 4.20. The highest BCUT2D eigenvalue weighted by molar-refractivity contribution is 6.35. The summed E-state index contributed by atoms with van der Waals surface area (Å²) in [5, 5.41) is 4.35. The number of nitrogens with two attached hydrogens (primary N) is 1. The molecule has 1 heterocycles. The highest BCUT2D eigenvalue weighted by atomic mass is 35.5. The molecule has 0 fully saturated rings. The number of anilines is 1. The zero-order chi connectivity index (χ0) is 26.1. The fraction of sp³-hybridized carbons (Fsp3) is 0.321. The van der Waals surface area contributed by atoms with Crippen molar-refractivity contribution in [2.45, 2.75) is 39.0 Å². The standard InChI is InChI=1S/C28H31ClN4O3/c1-5-24(35)31-21-8-6-7-18(15(21)2)26-20(29)13-17(14-23(30)34)28-27(26)19-10-9-16(11-22(19)32-28)12-25(36)33(3)4/h5-8,13,16,32H,1,9-12,14H2,2-4H3,(H2,30,34)(H,31,35). The highest BCUT2D eigenvalue weighted by Gasteiger charge is 2.28. The lowest BCUT2D eigenvalue weighted by atomic mass is 9.83. The van der Waals surface area contributed by atoms with Gasteiger partial charge in [-0.3, -0.25) is 14.4 Å². The van der Waals surface area contributed by atoms with Crippen LogP contribution in [-0.2, 0) is 33.6 Å². The van der Waals surface area contributed by atoms with Crippen LogP contribution < -0.4 is 11.1 Å². The van der Waals surface area contributed by atoms with E-state index in [9.17, 15) is 14.4 Å². The van der Waals surface area contributed by atoms with Gasteiger partial charge in [0.15, 0.2) is 0 Å². The number of benzene rings is 2. The fourth-order valence-electron chi connectivity index (χ4n) is 5.13. The second-order valence-electron chi connectivity index (χ2n) is 9.64. The van der Waals surface area contributed by atoms with Crippen LogP contribution in [0.15, 0.2) is 36.9 Å². The number of primary amides is 1. The molecule has 4 N–H and O–H groups in total. The number of amides is 3. The van der Waals surface area contributed by atoms with Crippen molar-refractivity contribution in [3.8, 4) is 11.1 Å². The minimum Gasteiger partial charge on any atom is -0.369 e. The second-order valence-corrected chi connectivity index (χ2v) is 10.0. The van der Waals surface area contributed by atoms with Crippen LogP contribution in [0.25, 0.3) is 22.0 Å². The Morgan fingerprint density at radius 1 is 1.31 bits per heavy atom. The summed E-state index contributed by atoms with van der Waals surface area (Å²) in [6.45, 7) is 5.47. The molecule has 3 amide bonds. The number of carbonyl (C=O) groups excluding carboxylic acids is 3. The van der Waals surface area contributed by atoms with Crippen LogP contribution >= 0.6 is 11.6 Å². The summed E-state index contributed by atoms with van der Waals surface area (Å²) in [6, 6.07) is 7.50. The maximum Gasteiger partial charge on any atom is 0.247 e. The summed E-state index contributed by atoms with van der Waals surface area (Å²) < 4.78 is 0. The van der Waals surface area contributed by atoms with Crippen LogP contribution in [0.3, 0.4) is 0 Å². The average molecular weight is 507 g/mol. The van der Waals surface area contributed by atoms with Crippen molar-refractivity contribution in [2.24, 2.45) is 11.7 Å². The quantitative estimate of drug-likeness (QED) is 0.409. The largest absolute Gasteiger partial charge is 0.369 e. The van der Waals surface area contributed by atoms with Crippen molar-refractivity contribution in [3.63, 3.8) is 0 Å². The predicted octanol–water partition coefficient (Wildman–Crippen LogP) is 4.53. The molecule has 0 radical (unpaired) electrons. The molecule has 1 aliphatic rings. The predicted molar refractivity (Wildman–Crippen MR) is 144 cm³/mol. The zero-order valence-electron chi connectivity index (χ0n) is 20.8. The first-order valence-electron chi connectivity index (χ1n) is 12.0. The van der Waals surface area contributed by atoms with Gasteiger partial charge in [0.2, 0.25) is 17.7 Å². The van der Waals surface area contributed by atoms with E-state index in [1.54, 1.807) is 25.1 Å². The van der Waals surface area contributed by atoms with E-state index in [2.05, 4.69) is 16.9 Å². The molecule has 0 spiro atoms. The highest BCUT2D eigenvalue weighted by Crippen LogP contribution is 2.45. The monoisotopic (exact) mass is 506 g/mol. The van der Waals surface area contributed by atoms with Crippen molar-refractivity contribution < 1.29 is 14.4 Å². The molecule has 1 unspecified atom stereocenters. The number of hydrogen-bond acceptors (Lipinski definition) is 3. The van der Waals surface area contributed by atoms with Gasteiger partial charge in [-0.25, -0.2) is 0 Å². The van der Waals surface area contributed by atoms with Gasteiger partial charge in [-0.15, -0.1) is 0 Å². The zero-order valence-corrected chi connectivity index (χ0v) is 21.6. The topological polar surface area (TPSA) is 108 Å². The van der Waals surface area contributed by atoms with E-state index in [1.807, 2.05) is 25.1 Å². The molecule has 0 bridgehead atoms. The number of nitrogens with one attached hydrogen (secondary N) is 2. The van der Waals surface area contributed by atoms with Crippen molar-refractivity contribution in [1.29, 1.82) is 0 Å². The van der Waals surface area contributed by atoms with Gasteiger partial charge in [-0.05, 0) is 72.6 Å². The average Bonchev–Trinajstić information content (AvgIpc) is 3.19. The lowest BCUT2D eigenvalue weighted by molar-refractivity contribution is -0.129. The van der Waals surface area contributed by atoms with Crippen LogP contribution in [-0.4, -0.2) is 41.7 Å². The molecule has 1 aromatic heterocycles. The van der Waals surface area contributed by atoms with Crippen molar-refractivity contribution in [3.05, 3.63) is 64.3 Å². The van der Waals surface area contributed by atoms with Gasteiger partial charge < -0.3 is 20.9 Å². The Morgan fingerprint density at radius 3 is 2.72 bits per heavy atom. The minimum absolute atomic E-state index is 0.0624. The van der Waals surface area contributed by atoms with Crippen LogP contribution in [0.5, 0.6) is 0 Å². The van der Waals surface area contributed by atoms with E-state index in [0.717, 1.165) is 63.7 Å². The van der Waals surface area contributed by atoms with Crippen LogP contribution in [0.2, 0.25) is 5.02 Å². The number of aryl methyl sites for hydroxylation is 1. The van der Waals surface area contributed by atoms with E-state index in [4.69, 9.17) is 17.3 Å². The van der Waals surface area contributed by atoms with Crippen molar-refractivity contribution >= 4 is 45.9 Å². The number of hydrogen-bond donors (Lipinski definition) is 3. The van der Waals surface area contributed by atoms with E-state index >= 15 is 0 Å². The second kappa shape index (κ2) is 10.2. The van der Waals surface area contributed by atoms with E-state index < -0.39 is 5.91 Å². The number of aromatic nitrogens is 1. The summed E-state index contributed by atoms with van der Waals surface area (Å²) >= 11 is 6.90. The molecule has 2 aromatic carbocycles. The Morgan fingerprint density at radius 2 is 2.06 bits per heavy atom. The number of H-pyrrole nitrogens is 1.